The van der Waals surface area contributed by atoms with E-state index in [4.69, 9.17) is 0 Å². The minimum absolute atomic E-state index is 0.177. The molecule has 2 fully saturated rings. The Bertz CT molecular complexity index is 701. The van der Waals surface area contributed by atoms with E-state index < -0.39 is 10.0 Å². The lowest BCUT2D eigenvalue weighted by molar-refractivity contribution is -0.139. The van der Waals surface area contributed by atoms with Gasteiger partial charge < -0.3 is 4.90 Å². The molecule has 1 amide bonds. The van der Waals surface area contributed by atoms with Gasteiger partial charge in [-0.1, -0.05) is 32.4 Å². The molecule has 0 unspecified atom stereocenters. The topological polar surface area (TPSA) is 57.7 Å². The molecule has 25 heavy (non-hydrogen) atoms. The highest BCUT2D eigenvalue weighted by atomic mass is 32.2. The van der Waals surface area contributed by atoms with Crippen LogP contribution in [0.25, 0.3) is 0 Å². The number of piperazine rings is 1. The zero-order chi connectivity index (χ0) is 18.0. The van der Waals surface area contributed by atoms with Crippen LogP contribution in [-0.4, -0.2) is 49.7 Å². The number of sulfonamides is 1. The van der Waals surface area contributed by atoms with E-state index in [0.29, 0.717) is 37.0 Å². The van der Waals surface area contributed by atoms with E-state index in [9.17, 15) is 13.2 Å². The van der Waals surface area contributed by atoms with Crippen molar-refractivity contribution in [3.63, 3.8) is 0 Å². The maximum atomic E-state index is 12.8. The minimum atomic E-state index is -3.47. The third-order valence-electron chi connectivity index (χ3n) is 5.21. The average Bonchev–Trinajstić information content (AvgIpc) is 2.53. The van der Waals surface area contributed by atoms with Gasteiger partial charge in [0.15, 0.2) is 0 Å². The SMILES string of the molecule is CC(C)Cc1ccc(S(=O)(=O)N2CCN(C(=O)C3CCC3)CC2)cc1. The molecule has 2 aliphatic rings. The summed E-state index contributed by atoms with van der Waals surface area (Å²) in [6, 6.07) is 7.23. The number of amides is 1. The van der Waals surface area contributed by atoms with E-state index in [1.54, 1.807) is 12.1 Å². The Kier molecular flexibility index (Phi) is 5.49. The van der Waals surface area contributed by atoms with Crippen molar-refractivity contribution in [2.24, 2.45) is 11.8 Å². The number of hydrogen-bond acceptors (Lipinski definition) is 3. The summed E-state index contributed by atoms with van der Waals surface area (Å²) in [5, 5.41) is 0. The predicted molar refractivity (Wildman–Crippen MR) is 97.7 cm³/mol. The highest BCUT2D eigenvalue weighted by Gasteiger charge is 2.34. The smallest absolute Gasteiger partial charge is 0.243 e. The van der Waals surface area contributed by atoms with E-state index in [-0.39, 0.29) is 11.8 Å². The van der Waals surface area contributed by atoms with Gasteiger partial charge in [-0.05, 0) is 42.9 Å². The van der Waals surface area contributed by atoms with Crippen molar-refractivity contribution >= 4 is 15.9 Å². The Morgan fingerprint density at radius 3 is 2.16 bits per heavy atom. The Hall–Kier alpha value is -1.40. The van der Waals surface area contributed by atoms with Crippen LogP contribution in [0.3, 0.4) is 0 Å². The fourth-order valence-corrected chi connectivity index (χ4v) is 4.90. The molecule has 3 rings (SSSR count). The van der Waals surface area contributed by atoms with Crippen LogP contribution in [-0.2, 0) is 21.2 Å². The van der Waals surface area contributed by atoms with Gasteiger partial charge >= 0.3 is 0 Å². The van der Waals surface area contributed by atoms with Gasteiger partial charge in [-0.3, -0.25) is 4.79 Å². The summed E-state index contributed by atoms with van der Waals surface area (Å²) >= 11 is 0. The quantitative estimate of drug-likeness (QED) is 0.807. The molecule has 0 radical (unpaired) electrons. The number of nitrogens with zero attached hydrogens (tertiary/aromatic N) is 2. The van der Waals surface area contributed by atoms with Crippen LogP contribution in [0.2, 0.25) is 0 Å². The highest BCUT2D eigenvalue weighted by Crippen LogP contribution is 2.29. The minimum Gasteiger partial charge on any atom is -0.340 e. The molecule has 0 N–H and O–H groups in total. The molecule has 1 aliphatic heterocycles. The second-order valence-corrected chi connectivity index (χ2v) is 9.54. The van der Waals surface area contributed by atoms with Crippen molar-refractivity contribution in [1.82, 2.24) is 9.21 Å². The molecule has 0 bridgehead atoms. The standard InChI is InChI=1S/C19H28N2O3S/c1-15(2)14-16-6-8-18(9-7-16)25(23,24)21-12-10-20(11-13-21)19(22)17-4-3-5-17/h6-9,15,17H,3-5,10-14H2,1-2H3. The maximum Gasteiger partial charge on any atom is 0.243 e. The first kappa shape index (κ1) is 18.4. The van der Waals surface area contributed by atoms with Gasteiger partial charge in [0.1, 0.15) is 0 Å². The highest BCUT2D eigenvalue weighted by molar-refractivity contribution is 7.89. The van der Waals surface area contributed by atoms with E-state index in [1.807, 2.05) is 17.0 Å². The van der Waals surface area contributed by atoms with E-state index in [0.717, 1.165) is 31.2 Å². The molecule has 1 saturated heterocycles. The number of carbonyl (C=O) groups excluding carboxylic acids is 1. The van der Waals surface area contributed by atoms with Gasteiger partial charge in [0, 0.05) is 32.1 Å². The first-order valence-corrected chi connectivity index (χ1v) is 10.7. The molecule has 1 heterocycles. The molecule has 1 aliphatic carbocycles. The predicted octanol–water partition coefficient (Wildman–Crippen LogP) is 2.52. The number of hydrogen-bond donors (Lipinski definition) is 0. The summed E-state index contributed by atoms with van der Waals surface area (Å²) < 4.78 is 27.2. The molecule has 1 saturated carbocycles. The fourth-order valence-electron chi connectivity index (χ4n) is 3.48. The second-order valence-electron chi connectivity index (χ2n) is 7.60. The van der Waals surface area contributed by atoms with Crippen molar-refractivity contribution in [2.45, 2.75) is 44.4 Å². The number of carbonyl (C=O) groups is 1. The zero-order valence-electron chi connectivity index (χ0n) is 15.1. The largest absolute Gasteiger partial charge is 0.340 e. The fraction of sp³-hybridized carbons (Fsp3) is 0.632. The Morgan fingerprint density at radius 2 is 1.68 bits per heavy atom. The van der Waals surface area contributed by atoms with Gasteiger partial charge in [-0.2, -0.15) is 4.31 Å². The van der Waals surface area contributed by atoms with Gasteiger partial charge in [0.2, 0.25) is 15.9 Å². The van der Waals surface area contributed by atoms with Crippen molar-refractivity contribution < 1.29 is 13.2 Å². The molecule has 138 valence electrons. The summed E-state index contributed by atoms with van der Waals surface area (Å²) in [5.74, 6) is 0.932. The van der Waals surface area contributed by atoms with Crippen LogP contribution in [0, 0.1) is 11.8 Å². The normalized spacial score (nSPS) is 19.9. The van der Waals surface area contributed by atoms with Crippen LogP contribution in [0.4, 0.5) is 0 Å². The van der Waals surface area contributed by atoms with Crippen LogP contribution in [0.15, 0.2) is 29.2 Å². The average molecular weight is 365 g/mol. The summed E-state index contributed by atoms with van der Waals surface area (Å²) in [4.78, 5) is 14.5. The Balaban J connectivity index is 1.62. The van der Waals surface area contributed by atoms with E-state index >= 15 is 0 Å². The van der Waals surface area contributed by atoms with Crippen LogP contribution >= 0.6 is 0 Å². The molecule has 5 nitrogen and oxygen atoms in total. The third kappa shape index (κ3) is 4.06. The lowest BCUT2D eigenvalue weighted by Gasteiger charge is -2.37. The van der Waals surface area contributed by atoms with Crippen molar-refractivity contribution in [2.75, 3.05) is 26.2 Å². The van der Waals surface area contributed by atoms with Gasteiger partial charge in [0.25, 0.3) is 0 Å². The number of benzene rings is 1. The summed E-state index contributed by atoms with van der Waals surface area (Å²) in [6.45, 7) is 6.06. The van der Waals surface area contributed by atoms with Crippen molar-refractivity contribution in [3.05, 3.63) is 29.8 Å². The molecule has 6 heteroatoms. The van der Waals surface area contributed by atoms with Crippen molar-refractivity contribution in [3.8, 4) is 0 Å². The van der Waals surface area contributed by atoms with Crippen molar-refractivity contribution in [1.29, 1.82) is 0 Å². The first-order chi connectivity index (χ1) is 11.9. The molecular weight excluding hydrogens is 336 g/mol. The third-order valence-corrected chi connectivity index (χ3v) is 7.12. The number of rotatable bonds is 5. The van der Waals surface area contributed by atoms with Gasteiger partial charge in [0.05, 0.1) is 4.90 Å². The molecule has 0 aromatic heterocycles. The zero-order valence-corrected chi connectivity index (χ0v) is 16.0. The Morgan fingerprint density at radius 1 is 1.08 bits per heavy atom. The molecular formula is C19H28N2O3S. The molecule has 0 atom stereocenters. The monoisotopic (exact) mass is 364 g/mol. The second kappa shape index (κ2) is 7.46. The summed E-state index contributed by atoms with van der Waals surface area (Å²) in [7, 11) is -3.47. The van der Waals surface area contributed by atoms with E-state index in [1.165, 1.54) is 4.31 Å². The maximum absolute atomic E-state index is 12.8. The Labute approximate surface area is 151 Å². The van der Waals surface area contributed by atoms with Gasteiger partial charge in [-0.15, -0.1) is 0 Å². The summed E-state index contributed by atoms with van der Waals surface area (Å²) in [6.07, 6.45) is 4.06. The molecule has 0 spiro atoms. The lowest BCUT2D eigenvalue weighted by Crippen LogP contribution is -2.52. The van der Waals surface area contributed by atoms with Crippen LogP contribution in [0.5, 0.6) is 0 Å². The van der Waals surface area contributed by atoms with Gasteiger partial charge in [-0.25, -0.2) is 8.42 Å². The van der Waals surface area contributed by atoms with Crippen LogP contribution < -0.4 is 0 Å². The molecule has 1 aromatic rings. The van der Waals surface area contributed by atoms with E-state index in [2.05, 4.69) is 13.8 Å². The molecule has 1 aromatic carbocycles. The summed E-state index contributed by atoms with van der Waals surface area (Å²) in [5.41, 5.74) is 1.16. The lowest BCUT2D eigenvalue weighted by atomic mass is 9.84. The first-order valence-electron chi connectivity index (χ1n) is 9.26. The van der Waals surface area contributed by atoms with Crippen LogP contribution in [0.1, 0.15) is 38.7 Å².